The fourth-order valence-electron chi connectivity index (χ4n) is 5.95. The summed E-state index contributed by atoms with van der Waals surface area (Å²) in [5, 5.41) is 28.7. The summed E-state index contributed by atoms with van der Waals surface area (Å²) in [6.07, 6.45) is -0.0850. The van der Waals surface area contributed by atoms with E-state index in [1.807, 2.05) is 95.3 Å². The summed E-state index contributed by atoms with van der Waals surface area (Å²) in [4.78, 5) is 24.1. The molecule has 4 aromatic rings. The number of carbonyl (C=O) groups excluding carboxylic acids is 2. The molecule has 324 valence electrons. The molecular formula is C49H62N6O6. The summed E-state index contributed by atoms with van der Waals surface area (Å²) >= 11 is 0. The lowest BCUT2D eigenvalue weighted by Crippen LogP contribution is -2.30. The average molecular weight is 831 g/mol. The van der Waals surface area contributed by atoms with E-state index in [2.05, 4.69) is 70.5 Å². The molecule has 2 heterocycles. The first kappa shape index (κ1) is 49.0. The van der Waals surface area contributed by atoms with Crippen molar-refractivity contribution in [3.8, 4) is 12.1 Å². The Hall–Kier alpha value is -6.40. The highest BCUT2D eigenvalue weighted by molar-refractivity contribution is 5.95. The van der Waals surface area contributed by atoms with Crippen LogP contribution in [0.1, 0.15) is 128 Å². The molecular weight excluding hydrogens is 769 g/mol. The molecule has 2 unspecified atom stereocenters. The monoisotopic (exact) mass is 830 g/mol. The predicted octanol–water partition coefficient (Wildman–Crippen LogP) is 10.3. The van der Waals surface area contributed by atoms with E-state index in [-0.39, 0.29) is 16.8 Å². The Balaban J connectivity index is 0.000000327. The summed E-state index contributed by atoms with van der Waals surface area (Å²) in [5.41, 5.74) is 6.64. The highest BCUT2D eigenvalue weighted by Gasteiger charge is 2.30. The number of aryl methyl sites for hydroxylation is 4. The molecule has 0 amide bonds. The second-order valence-electron chi connectivity index (χ2n) is 17.5. The minimum atomic E-state index is -0.914. The number of carbonyl (C=O) groups is 2. The fraction of sp³-hybridized carbons (Fsp3) is 0.429. The van der Waals surface area contributed by atoms with Crippen molar-refractivity contribution in [1.29, 1.82) is 10.5 Å². The van der Waals surface area contributed by atoms with Gasteiger partial charge in [-0.1, -0.05) is 104 Å². The van der Waals surface area contributed by atoms with Gasteiger partial charge in [-0.3, -0.25) is 14.2 Å². The van der Waals surface area contributed by atoms with Crippen LogP contribution < -0.4 is 0 Å². The fourth-order valence-corrected chi connectivity index (χ4v) is 5.95. The molecule has 0 spiro atoms. The quantitative estimate of drug-likeness (QED) is 0.0418. The molecule has 2 atom stereocenters. The van der Waals surface area contributed by atoms with Crippen molar-refractivity contribution in [3.05, 3.63) is 118 Å². The molecule has 0 bridgehead atoms. The van der Waals surface area contributed by atoms with Crippen LogP contribution in [0.5, 0.6) is 0 Å². The maximum Gasteiger partial charge on any atom is 0.333 e. The minimum absolute atomic E-state index is 0.000927. The Kier molecular flexibility index (Phi) is 16.2. The van der Waals surface area contributed by atoms with Gasteiger partial charge in [-0.05, 0) is 79.3 Å². The van der Waals surface area contributed by atoms with Gasteiger partial charge in [-0.15, -0.1) is 0 Å². The van der Waals surface area contributed by atoms with Gasteiger partial charge in [0.15, 0.2) is 11.5 Å². The van der Waals surface area contributed by atoms with E-state index in [4.69, 9.17) is 18.9 Å². The summed E-state index contributed by atoms with van der Waals surface area (Å²) in [6.45, 7) is 28.8. The van der Waals surface area contributed by atoms with Gasteiger partial charge in [0.25, 0.3) is 0 Å². The number of benzene rings is 2. The van der Waals surface area contributed by atoms with Crippen molar-refractivity contribution in [1.82, 2.24) is 19.6 Å². The van der Waals surface area contributed by atoms with E-state index in [0.29, 0.717) is 46.0 Å². The SMILES string of the molecule is C=CC(=O)OC(C)O/C(=C(/C#N)c1ccc(C(C)(C)C)cc1)c1cc(C)nn1C.CCC(C)(C)C(=O)OC(C)O/C(=C(/C#N)c1ccc(C(C)(C)C)cc1)c1cc(C)nn1C. The van der Waals surface area contributed by atoms with Gasteiger partial charge in [0.2, 0.25) is 12.6 Å². The highest BCUT2D eigenvalue weighted by Crippen LogP contribution is 2.33. The summed E-state index contributed by atoms with van der Waals surface area (Å²) in [7, 11) is 3.56. The summed E-state index contributed by atoms with van der Waals surface area (Å²) in [5.74, 6) is -0.329. The van der Waals surface area contributed by atoms with E-state index in [0.717, 1.165) is 28.6 Å². The van der Waals surface area contributed by atoms with Gasteiger partial charge in [-0.25, -0.2) is 4.79 Å². The first-order valence-corrected chi connectivity index (χ1v) is 20.3. The highest BCUT2D eigenvalue weighted by atomic mass is 16.7. The van der Waals surface area contributed by atoms with Gasteiger partial charge < -0.3 is 18.9 Å². The number of hydrogen-bond acceptors (Lipinski definition) is 10. The number of esters is 2. The third kappa shape index (κ3) is 13.0. The van der Waals surface area contributed by atoms with Gasteiger partial charge in [-0.2, -0.15) is 20.7 Å². The molecule has 12 heteroatoms. The third-order valence-electron chi connectivity index (χ3n) is 9.95. The van der Waals surface area contributed by atoms with Crippen molar-refractivity contribution in [2.24, 2.45) is 19.5 Å². The number of rotatable bonds is 13. The lowest BCUT2D eigenvalue weighted by Gasteiger charge is -2.25. The van der Waals surface area contributed by atoms with Crippen molar-refractivity contribution in [2.45, 2.75) is 120 Å². The van der Waals surface area contributed by atoms with Crippen LogP contribution in [-0.4, -0.2) is 44.1 Å². The standard InChI is InChI=1S/C26H35N3O3.C23H27N3O3/c1-10-26(7,8)24(30)32-18(3)31-23(22-15-17(2)28-29(22)9)21(16-27)19-11-13-20(14-12-19)25(4,5)6;1-8-21(27)28-16(3)29-22(20-13-15(2)25-26(20)7)19(14-24)17-9-11-18(12-10-17)23(4,5)6/h11-15,18H,10H2,1-9H3;8-13,16H,1H2,2-7H3/b23-21-;22-19-. The zero-order valence-corrected chi connectivity index (χ0v) is 38.6. The van der Waals surface area contributed by atoms with E-state index >= 15 is 0 Å². The van der Waals surface area contributed by atoms with Crippen molar-refractivity contribution in [2.75, 3.05) is 0 Å². The molecule has 0 aliphatic rings. The largest absolute Gasteiger partial charge is 0.451 e. The van der Waals surface area contributed by atoms with Crippen LogP contribution in [0.15, 0.2) is 73.3 Å². The molecule has 0 saturated heterocycles. The van der Waals surface area contributed by atoms with Gasteiger partial charge in [0.05, 0.1) is 16.8 Å². The molecule has 0 fully saturated rings. The second-order valence-corrected chi connectivity index (χ2v) is 17.5. The second kappa shape index (κ2) is 20.2. The normalized spacial score (nSPS) is 13.5. The van der Waals surface area contributed by atoms with Crippen LogP contribution in [0.25, 0.3) is 22.7 Å². The Labute approximate surface area is 362 Å². The topological polar surface area (TPSA) is 154 Å². The molecule has 12 nitrogen and oxygen atoms in total. The minimum Gasteiger partial charge on any atom is -0.451 e. The molecule has 0 N–H and O–H groups in total. The van der Waals surface area contributed by atoms with E-state index in [1.54, 1.807) is 37.3 Å². The first-order chi connectivity index (χ1) is 28.4. The summed E-state index contributed by atoms with van der Waals surface area (Å²) in [6, 6.07) is 23.9. The van der Waals surface area contributed by atoms with Crippen molar-refractivity contribution in [3.63, 3.8) is 0 Å². The van der Waals surface area contributed by atoms with Crippen LogP contribution in [0.2, 0.25) is 0 Å². The van der Waals surface area contributed by atoms with Gasteiger partial charge in [0.1, 0.15) is 34.7 Å². The van der Waals surface area contributed by atoms with Crippen molar-refractivity contribution >= 4 is 34.6 Å². The van der Waals surface area contributed by atoms with Crippen LogP contribution in [0, 0.1) is 41.9 Å². The number of allylic oxidation sites excluding steroid dienone is 2. The molecule has 0 saturated carbocycles. The number of nitriles is 2. The number of ether oxygens (including phenoxy) is 4. The summed E-state index contributed by atoms with van der Waals surface area (Å²) < 4.78 is 26.0. The molecule has 0 aliphatic heterocycles. The zero-order valence-electron chi connectivity index (χ0n) is 38.6. The molecule has 0 aliphatic carbocycles. The predicted molar refractivity (Wildman–Crippen MR) is 239 cm³/mol. The average Bonchev–Trinajstić information content (AvgIpc) is 3.71. The number of hydrogen-bond donors (Lipinski definition) is 0. The molecule has 0 radical (unpaired) electrons. The molecule has 4 rings (SSSR count). The Morgan fingerprint density at radius 2 is 1.05 bits per heavy atom. The maximum absolute atomic E-state index is 12.5. The zero-order chi connectivity index (χ0) is 46.0. The van der Waals surface area contributed by atoms with Crippen LogP contribution >= 0.6 is 0 Å². The van der Waals surface area contributed by atoms with Crippen LogP contribution in [0.4, 0.5) is 0 Å². The van der Waals surface area contributed by atoms with Crippen LogP contribution in [0.3, 0.4) is 0 Å². The molecule has 2 aromatic carbocycles. The van der Waals surface area contributed by atoms with Crippen LogP contribution in [-0.2, 0) is 53.5 Å². The smallest absolute Gasteiger partial charge is 0.333 e. The Morgan fingerprint density at radius 3 is 1.33 bits per heavy atom. The van der Waals surface area contributed by atoms with E-state index in [9.17, 15) is 20.1 Å². The van der Waals surface area contributed by atoms with E-state index in [1.165, 1.54) is 5.56 Å². The Morgan fingerprint density at radius 1 is 0.689 bits per heavy atom. The number of aromatic nitrogens is 4. The molecule has 2 aromatic heterocycles. The molecule has 61 heavy (non-hydrogen) atoms. The lowest BCUT2D eigenvalue weighted by molar-refractivity contribution is -0.175. The van der Waals surface area contributed by atoms with Gasteiger partial charge >= 0.3 is 11.9 Å². The van der Waals surface area contributed by atoms with Gasteiger partial charge in [0, 0.05) is 34.0 Å². The maximum atomic E-state index is 12.5. The first-order valence-electron chi connectivity index (χ1n) is 20.3. The number of nitrogens with zero attached hydrogens (tertiary/aromatic N) is 6. The van der Waals surface area contributed by atoms with E-state index < -0.39 is 24.0 Å². The lowest BCUT2D eigenvalue weighted by atomic mass is 9.86. The third-order valence-corrected chi connectivity index (χ3v) is 9.95. The Bertz CT molecular complexity index is 2330. The van der Waals surface area contributed by atoms with Crippen molar-refractivity contribution < 1.29 is 28.5 Å².